The molecule has 0 aromatic rings. The number of hydrogen-bond acceptors (Lipinski definition) is 3. The molecular formula is C16H29NO2S. The largest absolute Gasteiger partial charge is 0.481 e. The highest BCUT2D eigenvalue weighted by Gasteiger charge is 2.46. The molecule has 2 atom stereocenters. The van der Waals surface area contributed by atoms with Crippen LogP contribution in [0.2, 0.25) is 0 Å². The van der Waals surface area contributed by atoms with Gasteiger partial charge in [-0.25, -0.2) is 0 Å². The number of nitrogens with zero attached hydrogens (tertiary/aromatic N) is 1. The first kappa shape index (κ1) is 16.2. The average Bonchev–Trinajstić information content (AvgIpc) is 2.38. The molecule has 20 heavy (non-hydrogen) atoms. The first-order chi connectivity index (χ1) is 9.41. The molecule has 2 fully saturated rings. The molecule has 2 saturated heterocycles. The van der Waals surface area contributed by atoms with E-state index in [0.29, 0.717) is 11.5 Å². The Morgan fingerprint density at radius 2 is 2.15 bits per heavy atom. The Kier molecular flexibility index (Phi) is 5.06. The van der Waals surface area contributed by atoms with Crippen molar-refractivity contribution in [3.8, 4) is 0 Å². The van der Waals surface area contributed by atoms with Gasteiger partial charge in [-0.3, -0.25) is 9.69 Å². The van der Waals surface area contributed by atoms with Crippen molar-refractivity contribution in [1.82, 2.24) is 4.90 Å². The summed E-state index contributed by atoms with van der Waals surface area (Å²) in [4.78, 5) is 14.3. The number of carbonyl (C=O) groups is 1. The molecule has 0 aromatic heterocycles. The molecule has 2 unspecified atom stereocenters. The summed E-state index contributed by atoms with van der Waals surface area (Å²) in [5, 5.41) is 9.73. The van der Waals surface area contributed by atoms with Crippen LogP contribution in [0, 0.1) is 10.8 Å². The lowest BCUT2D eigenvalue weighted by molar-refractivity contribution is -0.154. The molecule has 0 bridgehead atoms. The first-order valence-electron chi connectivity index (χ1n) is 7.96. The van der Waals surface area contributed by atoms with Crippen molar-refractivity contribution in [2.45, 2.75) is 58.9 Å². The van der Waals surface area contributed by atoms with Crippen molar-refractivity contribution >= 4 is 17.7 Å². The Labute approximate surface area is 127 Å². The molecule has 3 nitrogen and oxygen atoms in total. The molecular weight excluding hydrogens is 270 g/mol. The molecule has 116 valence electrons. The smallest absolute Gasteiger partial charge is 0.310 e. The average molecular weight is 299 g/mol. The summed E-state index contributed by atoms with van der Waals surface area (Å²) in [5.74, 6) is 1.83. The lowest BCUT2D eigenvalue weighted by Crippen LogP contribution is -2.57. The number of thioether (sulfide) groups is 1. The zero-order valence-corrected chi connectivity index (χ0v) is 14.0. The maximum absolute atomic E-state index is 11.8. The molecule has 2 aliphatic heterocycles. The summed E-state index contributed by atoms with van der Waals surface area (Å²) in [6.45, 7) is 8.64. The molecule has 0 aliphatic carbocycles. The van der Waals surface area contributed by atoms with E-state index in [2.05, 4.69) is 25.7 Å². The van der Waals surface area contributed by atoms with Crippen LogP contribution in [-0.4, -0.2) is 46.6 Å². The Hall–Kier alpha value is -0.220. The van der Waals surface area contributed by atoms with Gasteiger partial charge in [-0.2, -0.15) is 11.8 Å². The van der Waals surface area contributed by atoms with Gasteiger partial charge in [0.15, 0.2) is 0 Å². The molecule has 0 spiro atoms. The van der Waals surface area contributed by atoms with E-state index in [0.717, 1.165) is 44.5 Å². The standard InChI is InChI=1S/C16H29NO2S/c1-4-6-16(14(18)19)7-5-9-17(12-16)13-11-20-10-8-15(13,2)3/h13H,4-12H2,1-3H3,(H,18,19). The van der Waals surface area contributed by atoms with E-state index < -0.39 is 11.4 Å². The van der Waals surface area contributed by atoms with Crippen molar-refractivity contribution < 1.29 is 9.90 Å². The fourth-order valence-electron chi connectivity index (χ4n) is 3.92. The predicted molar refractivity (Wildman–Crippen MR) is 85.3 cm³/mol. The van der Waals surface area contributed by atoms with Gasteiger partial charge in [0.25, 0.3) is 0 Å². The highest BCUT2D eigenvalue weighted by Crippen LogP contribution is 2.42. The third kappa shape index (κ3) is 3.16. The maximum atomic E-state index is 11.8. The summed E-state index contributed by atoms with van der Waals surface area (Å²) < 4.78 is 0. The van der Waals surface area contributed by atoms with Crippen LogP contribution in [0.3, 0.4) is 0 Å². The fraction of sp³-hybridized carbons (Fsp3) is 0.938. The van der Waals surface area contributed by atoms with Gasteiger partial charge >= 0.3 is 5.97 Å². The monoisotopic (exact) mass is 299 g/mol. The fourth-order valence-corrected chi connectivity index (χ4v) is 5.64. The van der Waals surface area contributed by atoms with Crippen molar-refractivity contribution in [3.05, 3.63) is 0 Å². The lowest BCUT2D eigenvalue weighted by atomic mass is 9.73. The van der Waals surface area contributed by atoms with Gasteiger partial charge in [0.05, 0.1) is 5.41 Å². The van der Waals surface area contributed by atoms with Crippen LogP contribution in [0.1, 0.15) is 52.9 Å². The highest BCUT2D eigenvalue weighted by atomic mass is 32.2. The SMILES string of the molecule is CCCC1(C(=O)O)CCCN(C2CSCCC2(C)C)C1. The number of likely N-dealkylation sites (tertiary alicyclic amines) is 1. The molecule has 0 radical (unpaired) electrons. The van der Waals surface area contributed by atoms with Gasteiger partial charge in [-0.1, -0.05) is 27.2 Å². The molecule has 2 heterocycles. The van der Waals surface area contributed by atoms with E-state index in [9.17, 15) is 9.90 Å². The second-order valence-corrected chi connectivity index (χ2v) is 8.39. The summed E-state index contributed by atoms with van der Waals surface area (Å²) in [7, 11) is 0. The summed E-state index contributed by atoms with van der Waals surface area (Å²) in [6, 6.07) is 0.539. The van der Waals surface area contributed by atoms with E-state index >= 15 is 0 Å². The lowest BCUT2D eigenvalue weighted by Gasteiger charge is -2.50. The minimum Gasteiger partial charge on any atom is -0.481 e. The van der Waals surface area contributed by atoms with Crippen LogP contribution in [0.4, 0.5) is 0 Å². The Bertz CT molecular complexity index is 354. The molecule has 1 N–H and O–H groups in total. The van der Waals surface area contributed by atoms with Gasteiger partial charge in [-0.15, -0.1) is 0 Å². The molecule has 0 amide bonds. The van der Waals surface area contributed by atoms with Crippen molar-refractivity contribution in [2.24, 2.45) is 10.8 Å². The van der Waals surface area contributed by atoms with Gasteiger partial charge in [0, 0.05) is 18.3 Å². The van der Waals surface area contributed by atoms with Crippen molar-refractivity contribution in [3.63, 3.8) is 0 Å². The predicted octanol–water partition coefficient (Wildman–Crippen LogP) is 3.49. The van der Waals surface area contributed by atoms with E-state index in [1.807, 2.05) is 11.8 Å². The minimum absolute atomic E-state index is 0.318. The van der Waals surface area contributed by atoms with Gasteiger partial charge in [0.1, 0.15) is 0 Å². The summed E-state index contributed by atoms with van der Waals surface area (Å²) in [5.41, 5.74) is -0.176. The number of carboxylic acid groups (broad SMARTS) is 1. The number of aliphatic carboxylic acids is 1. The van der Waals surface area contributed by atoms with Gasteiger partial charge in [-0.05, 0) is 43.4 Å². The number of hydrogen-bond donors (Lipinski definition) is 1. The second-order valence-electron chi connectivity index (χ2n) is 7.24. The third-order valence-corrected chi connectivity index (χ3v) is 6.34. The Morgan fingerprint density at radius 3 is 2.75 bits per heavy atom. The van der Waals surface area contributed by atoms with E-state index in [4.69, 9.17) is 0 Å². The minimum atomic E-state index is -0.578. The summed E-state index contributed by atoms with van der Waals surface area (Å²) in [6.07, 6.45) is 4.91. The van der Waals surface area contributed by atoms with E-state index in [-0.39, 0.29) is 0 Å². The van der Waals surface area contributed by atoms with Gasteiger partial charge in [0.2, 0.25) is 0 Å². The molecule has 4 heteroatoms. The van der Waals surface area contributed by atoms with Crippen LogP contribution in [-0.2, 0) is 4.79 Å². The van der Waals surface area contributed by atoms with Crippen LogP contribution in [0.15, 0.2) is 0 Å². The zero-order chi connectivity index (χ0) is 14.8. The van der Waals surface area contributed by atoms with Crippen LogP contribution >= 0.6 is 11.8 Å². The molecule has 2 aliphatic rings. The van der Waals surface area contributed by atoms with Crippen LogP contribution in [0.5, 0.6) is 0 Å². The Morgan fingerprint density at radius 1 is 1.40 bits per heavy atom. The summed E-state index contributed by atoms with van der Waals surface area (Å²) >= 11 is 2.03. The number of rotatable bonds is 4. The van der Waals surface area contributed by atoms with E-state index in [1.165, 1.54) is 12.2 Å². The van der Waals surface area contributed by atoms with Crippen LogP contribution in [0.25, 0.3) is 0 Å². The molecule has 2 rings (SSSR count). The second kappa shape index (κ2) is 6.27. The quantitative estimate of drug-likeness (QED) is 0.863. The number of carboxylic acids is 1. The van der Waals surface area contributed by atoms with Crippen molar-refractivity contribution in [2.75, 3.05) is 24.6 Å². The number of piperidine rings is 1. The van der Waals surface area contributed by atoms with E-state index in [1.54, 1.807) is 0 Å². The first-order valence-corrected chi connectivity index (χ1v) is 9.12. The van der Waals surface area contributed by atoms with Crippen molar-refractivity contribution in [1.29, 1.82) is 0 Å². The zero-order valence-electron chi connectivity index (χ0n) is 13.2. The third-order valence-electron chi connectivity index (χ3n) is 5.30. The molecule has 0 aromatic carbocycles. The molecule has 0 saturated carbocycles. The maximum Gasteiger partial charge on any atom is 0.310 e. The normalized spacial score (nSPS) is 34.9. The van der Waals surface area contributed by atoms with Gasteiger partial charge < -0.3 is 5.11 Å². The topological polar surface area (TPSA) is 40.5 Å². The Balaban J connectivity index is 2.14. The highest BCUT2D eigenvalue weighted by molar-refractivity contribution is 7.99. The van der Waals surface area contributed by atoms with Crippen LogP contribution < -0.4 is 0 Å².